The summed E-state index contributed by atoms with van der Waals surface area (Å²) in [5.74, 6) is 0.214. The van der Waals surface area contributed by atoms with Gasteiger partial charge in [-0.05, 0) is 69.5 Å². The molecule has 0 radical (unpaired) electrons. The number of benzene rings is 2. The van der Waals surface area contributed by atoms with Crippen molar-refractivity contribution in [2.45, 2.75) is 53.1 Å². The quantitative estimate of drug-likeness (QED) is 0.544. The Bertz CT molecular complexity index is 1050. The van der Waals surface area contributed by atoms with Gasteiger partial charge in [0.1, 0.15) is 0 Å². The summed E-state index contributed by atoms with van der Waals surface area (Å²) >= 11 is 0. The minimum Gasteiger partial charge on any atom is -0.326 e. The zero-order valence-electron chi connectivity index (χ0n) is 19.5. The summed E-state index contributed by atoms with van der Waals surface area (Å²) in [4.78, 5) is 15.3. The summed E-state index contributed by atoms with van der Waals surface area (Å²) in [5, 5.41) is 7.64. The van der Waals surface area contributed by atoms with Crippen molar-refractivity contribution in [2.24, 2.45) is 5.92 Å². The van der Waals surface area contributed by atoms with Crippen LogP contribution in [0.1, 0.15) is 43.0 Å². The molecule has 0 atom stereocenters. The van der Waals surface area contributed by atoms with Gasteiger partial charge >= 0.3 is 0 Å². The molecule has 5 heteroatoms. The van der Waals surface area contributed by atoms with Crippen molar-refractivity contribution in [3.8, 4) is 11.1 Å². The van der Waals surface area contributed by atoms with Gasteiger partial charge in [-0.15, -0.1) is 0 Å². The molecule has 2 aromatic carbocycles. The van der Waals surface area contributed by atoms with E-state index in [0.717, 1.165) is 56.7 Å². The van der Waals surface area contributed by atoms with E-state index in [4.69, 9.17) is 0 Å². The van der Waals surface area contributed by atoms with E-state index in [-0.39, 0.29) is 11.8 Å². The van der Waals surface area contributed by atoms with E-state index >= 15 is 0 Å². The van der Waals surface area contributed by atoms with Gasteiger partial charge in [-0.3, -0.25) is 14.4 Å². The first-order chi connectivity index (χ1) is 15.5. The number of rotatable bonds is 7. The lowest BCUT2D eigenvalue weighted by Crippen LogP contribution is -2.37. The van der Waals surface area contributed by atoms with Gasteiger partial charge in [-0.2, -0.15) is 5.10 Å². The average Bonchev–Trinajstić information content (AvgIpc) is 3.14. The summed E-state index contributed by atoms with van der Waals surface area (Å²) in [6.07, 6.45) is 4.89. The van der Waals surface area contributed by atoms with E-state index in [1.54, 1.807) is 0 Å². The molecule has 4 rings (SSSR count). The fourth-order valence-electron chi connectivity index (χ4n) is 4.49. The Kier molecular flexibility index (Phi) is 7.05. The zero-order valence-corrected chi connectivity index (χ0v) is 19.5. The topological polar surface area (TPSA) is 50.2 Å². The zero-order chi connectivity index (χ0) is 22.5. The number of aromatic nitrogens is 2. The van der Waals surface area contributed by atoms with Crippen molar-refractivity contribution in [1.82, 2.24) is 14.7 Å². The van der Waals surface area contributed by atoms with E-state index in [9.17, 15) is 4.79 Å². The number of carbonyl (C=O) groups excluding carboxylic acids is 1. The smallest absolute Gasteiger partial charge is 0.227 e. The van der Waals surface area contributed by atoms with Crippen LogP contribution in [-0.2, 0) is 17.9 Å². The van der Waals surface area contributed by atoms with Crippen LogP contribution in [0.2, 0.25) is 0 Å². The van der Waals surface area contributed by atoms with Crippen LogP contribution in [0, 0.1) is 19.8 Å². The van der Waals surface area contributed by atoms with Crippen LogP contribution in [0.25, 0.3) is 11.1 Å². The SMILES string of the molecule is CCCn1ncc(CN2CCC(C(=O)Nc3ccc(-c4cccc(C)c4)cc3)CC2)c1C. The second kappa shape index (κ2) is 10.1. The Balaban J connectivity index is 1.28. The highest BCUT2D eigenvalue weighted by molar-refractivity contribution is 5.92. The lowest BCUT2D eigenvalue weighted by Gasteiger charge is -2.31. The fourth-order valence-corrected chi connectivity index (χ4v) is 4.49. The van der Waals surface area contributed by atoms with E-state index < -0.39 is 0 Å². The second-order valence-electron chi connectivity index (χ2n) is 8.96. The maximum absolute atomic E-state index is 12.8. The van der Waals surface area contributed by atoms with Gasteiger partial charge < -0.3 is 5.32 Å². The summed E-state index contributed by atoms with van der Waals surface area (Å²) in [6.45, 7) is 10.2. The van der Waals surface area contributed by atoms with Crippen LogP contribution in [-0.4, -0.2) is 33.7 Å². The molecule has 0 aliphatic carbocycles. The standard InChI is InChI=1S/C27H34N4O/c1-4-14-31-21(3)25(18-28-31)19-30-15-12-23(13-16-30)27(32)29-26-10-8-22(9-11-26)24-7-5-6-20(2)17-24/h5-11,17-18,23H,4,12-16,19H2,1-3H3,(H,29,32). The number of carbonyl (C=O) groups is 1. The normalized spacial score (nSPS) is 15.1. The summed E-state index contributed by atoms with van der Waals surface area (Å²) in [6, 6.07) is 16.6. The third-order valence-corrected chi connectivity index (χ3v) is 6.50. The number of nitrogens with one attached hydrogen (secondary N) is 1. The second-order valence-corrected chi connectivity index (χ2v) is 8.96. The fraction of sp³-hybridized carbons (Fsp3) is 0.407. The number of anilines is 1. The maximum Gasteiger partial charge on any atom is 0.227 e. The number of aryl methyl sites for hydroxylation is 2. The highest BCUT2D eigenvalue weighted by atomic mass is 16.1. The first-order valence-electron chi connectivity index (χ1n) is 11.7. The molecule has 0 bridgehead atoms. The lowest BCUT2D eigenvalue weighted by atomic mass is 9.95. The first-order valence-corrected chi connectivity index (χ1v) is 11.7. The Morgan fingerprint density at radius 2 is 1.81 bits per heavy atom. The first kappa shape index (κ1) is 22.3. The molecule has 5 nitrogen and oxygen atoms in total. The van der Waals surface area contributed by atoms with Gasteiger partial charge in [-0.25, -0.2) is 0 Å². The monoisotopic (exact) mass is 430 g/mol. The molecule has 0 spiro atoms. The van der Waals surface area contributed by atoms with Crippen LogP contribution in [0.15, 0.2) is 54.7 Å². The van der Waals surface area contributed by atoms with Crippen molar-refractivity contribution in [3.63, 3.8) is 0 Å². The summed E-state index contributed by atoms with van der Waals surface area (Å²) in [7, 11) is 0. The van der Waals surface area contributed by atoms with Gasteiger partial charge in [0, 0.05) is 36.0 Å². The van der Waals surface area contributed by atoms with Crippen LogP contribution in [0.5, 0.6) is 0 Å². The Hall–Kier alpha value is -2.92. The Morgan fingerprint density at radius 3 is 2.50 bits per heavy atom. The highest BCUT2D eigenvalue weighted by Gasteiger charge is 2.25. The highest BCUT2D eigenvalue weighted by Crippen LogP contribution is 2.25. The minimum absolute atomic E-state index is 0.0756. The van der Waals surface area contributed by atoms with Crippen molar-refractivity contribution < 1.29 is 4.79 Å². The molecule has 0 saturated carbocycles. The summed E-state index contributed by atoms with van der Waals surface area (Å²) < 4.78 is 2.10. The maximum atomic E-state index is 12.8. The number of likely N-dealkylation sites (tertiary alicyclic amines) is 1. The van der Waals surface area contributed by atoms with Gasteiger partial charge in [0.05, 0.1) is 6.20 Å². The molecule has 1 aromatic heterocycles. The van der Waals surface area contributed by atoms with Crippen LogP contribution < -0.4 is 5.32 Å². The van der Waals surface area contributed by atoms with Gasteiger partial charge in [0.2, 0.25) is 5.91 Å². The number of hydrogen-bond donors (Lipinski definition) is 1. The van der Waals surface area contributed by atoms with Crippen molar-refractivity contribution in [1.29, 1.82) is 0 Å². The molecule has 1 N–H and O–H groups in total. The van der Waals surface area contributed by atoms with Crippen LogP contribution >= 0.6 is 0 Å². The lowest BCUT2D eigenvalue weighted by molar-refractivity contribution is -0.121. The molecule has 1 aliphatic heterocycles. The molecule has 3 aromatic rings. The number of piperidine rings is 1. The molecule has 2 heterocycles. The summed E-state index contributed by atoms with van der Waals surface area (Å²) in [5.41, 5.74) is 7.04. The number of nitrogens with zero attached hydrogens (tertiary/aromatic N) is 3. The number of amides is 1. The van der Waals surface area contributed by atoms with Crippen molar-refractivity contribution >= 4 is 11.6 Å². The molecule has 168 valence electrons. The molecular formula is C27H34N4O. The van der Waals surface area contributed by atoms with Gasteiger partial charge in [-0.1, -0.05) is 48.9 Å². The Labute approximate surface area is 191 Å². The van der Waals surface area contributed by atoms with E-state index in [0.29, 0.717) is 0 Å². The van der Waals surface area contributed by atoms with Crippen molar-refractivity contribution in [2.75, 3.05) is 18.4 Å². The molecule has 1 fully saturated rings. The van der Waals surface area contributed by atoms with Crippen LogP contribution in [0.3, 0.4) is 0 Å². The van der Waals surface area contributed by atoms with E-state index in [2.05, 4.69) is 77.2 Å². The third kappa shape index (κ3) is 5.28. The largest absolute Gasteiger partial charge is 0.326 e. The predicted molar refractivity (Wildman–Crippen MR) is 131 cm³/mol. The van der Waals surface area contributed by atoms with Crippen LogP contribution in [0.4, 0.5) is 5.69 Å². The molecule has 0 unspecified atom stereocenters. The van der Waals surface area contributed by atoms with E-state index in [1.807, 2.05) is 18.3 Å². The molecule has 1 saturated heterocycles. The van der Waals surface area contributed by atoms with E-state index in [1.165, 1.54) is 22.4 Å². The molecular weight excluding hydrogens is 396 g/mol. The predicted octanol–water partition coefficient (Wildman–Crippen LogP) is 5.43. The average molecular weight is 431 g/mol. The minimum atomic E-state index is 0.0756. The molecule has 1 amide bonds. The molecule has 32 heavy (non-hydrogen) atoms. The Morgan fingerprint density at radius 1 is 1.06 bits per heavy atom. The number of hydrogen-bond acceptors (Lipinski definition) is 3. The van der Waals surface area contributed by atoms with Crippen molar-refractivity contribution in [3.05, 3.63) is 71.5 Å². The third-order valence-electron chi connectivity index (χ3n) is 6.50. The van der Waals surface area contributed by atoms with Gasteiger partial charge in [0.15, 0.2) is 0 Å². The van der Waals surface area contributed by atoms with Gasteiger partial charge in [0.25, 0.3) is 0 Å². The molecule has 1 aliphatic rings.